The largest absolute Gasteiger partial charge is 0.338 e. The molecule has 3 rings (SSSR count). The molecule has 0 atom stereocenters. The molecule has 0 saturated carbocycles. The maximum absolute atomic E-state index is 13.4. The van der Waals surface area contributed by atoms with Crippen LogP contribution in [0.5, 0.6) is 0 Å². The van der Waals surface area contributed by atoms with Gasteiger partial charge in [0.15, 0.2) is 0 Å². The molecule has 1 aromatic heterocycles. The van der Waals surface area contributed by atoms with Crippen molar-refractivity contribution in [3.63, 3.8) is 0 Å². The number of nitrogens with zero attached hydrogens (tertiary/aromatic N) is 4. The Morgan fingerprint density at radius 3 is 2.50 bits per heavy atom. The first-order valence-electron chi connectivity index (χ1n) is 10.1. The first kappa shape index (κ1) is 21.0. The van der Waals surface area contributed by atoms with Crippen LogP contribution in [-0.4, -0.2) is 79.0 Å². The maximum Gasteiger partial charge on any atom is 0.228 e. The average Bonchev–Trinajstić information content (AvgIpc) is 3.04. The minimum Gasteiger partial charge on any atom is -0.338 e. The SMILES string of the molecule is Cc1nc(-c2ccccc2)c(CC(=O)N(CCN(C)C)C2CCN(C)CC2)s1. The Labute approximate surface area is 173 Å². The number of carbonyl (C=O) groups excluding carboxylic acids is 1. The van der Waals surface area contributed by atoms with E-state index in [2.05, 4.69) is 48.0 Å². The summed E-state index contributed by atoms with van der Waals surface area (Å²) < 4.78 is 0. The predicted octanol–water partition coefficient (Wildman–Crippen LogP) is 3.15. The minimum atomic E-state index is 0.234. The zero-order chi connectivity index (χ0) is 20.1. The Balaban J connectivity index is 1.78. The summed E-state index contributed by atoms with van der Waals surface area (Å²) in [5.74, 6) is 0.234. The molecule has 6 heteroatoms. The predicted molar refractivity (Wildman–Crippen MR) is 117 cm³/mol. The van der Waals surface area contributed by atoms with Crippen LogP contribution in [0.1, 0.15) is 22.7 Å². The molecule has 1 amide bonds. The van der Waals surface area contributed by atoms with E-state index in [1.807, 2.05) is 25.1 Å². The zero-order valence-electron chi connectivity index (χ0n) is 17.5. The lowest BCUT2D eigenvalue weighted by molar-refractivity contribution is -0.133. The molecule has 0 bridgehead atoms. The van der Waals surface area contributed by atoms with Crippen LogP contribution < -0.4 is 0 Å². The Morgan fingerprint density at radius 1 is 1.18 bits per heavy atom. The number of amides is 1. The van der Waals surface area contributed by atoms with Gasteiger partial charge in [-0.05, 0) is 54.0 Å². The van der Waals surface area contributed by atoms with Crippen molar-refractivity contribution in [1.29, 1.82) is 0 Å². The van der Waals surface area contributed by atoms with Crippen molar-refractivity contribution >= 4 is 17.2 Å². The highest BCUT2D eigenvalue weighted by molar-refractivity contribution is 7.12. The van der Waals surface area contributed by atoms with Gasteiger partial charge in [-0.25, -0.2) is 4.98 Å². The van der Waals surface area contributed by atoms with Crippen LogP contribution in [0.2, 0.25) is 0 Å². The fraction of sp³-hybridized carbons (Fsp3) is 0.545. The van der Waals surface area contributed by atoms with Gasteiger partial charge in [0.05, 0.1) is 17.1 Å². The third kappa shape index (κ3) is 5.40. The number of thiazole rings is 1. The summed E-state index contributed by atoms with van der Waals surface area (Å²) >= 11 is 1.65. The Kier molecular flexibility index (Phi) is 7.21. The molecule has 1 aliphatic heterocycles. The molecule has 152 valence electrons. The van der Waals surface area contributed by atoms with E-state index in [1.54, 1.807) is 11.3 Å². The Bertz CT molecular complexity index is 766. The van der Waals surface area contributed by atoms with Crippen molar-refractivity contribution in [3.8, 4) is 11.3 Å². The van der Waals surface area contributed by atoms with Gasteiger partial charge in [0.1, 0.15) is 0 Å². The van der Waals surface area contributed by atoms with Gasteiger partial charge in [0.25, 0.3) is 0 Å². The second kappa shape index (κ2) is 9.63. The number of hydrogen-bond acceptors (Lipinski definition) is 5. The second-order valence-corrected chi connectivity index (χ2v) is 9.26. The van der Waals surface area contributed by atoms with Gasteiger partial charge in [-0.3, -0.25) is 4.79 Å². The molecule has 2 heterocycles. The molecule has 1 aliphatic rings. The summed E-state index contributed by atoms with van der Waals surface area (Å²) in [6.45, 7) is 5.83. The van der Waals surface area contributed by atoms with Crippen molar-refractivity contribution in [2.75, 3.05) is 47.3 Å². The second-order valence-electron chi connectivity index (χ2n) is 7.97. The Morgan fingerprint density at radius 2 is 1.86 bits per heavy atom. The van der Waals surface area contributed by atoms with Crippen LogP contribution >= 0.6 is 11.3 Å². The van der Waals surface area contributed by atoms with Crippen LogP contribution in [0.25, 0.3) is 11.3 Å². The number of hydrogen-bond donors (Lipinski definition) is 0. The quantitative estimate of drug-likeness (QED) is 0.716. The monoisotopic (exact) mass is 400 g/mol. The van der Waals surface area contributed by atoms with Crippen LogP contribution in [0, 0.1) is 6.92 Å². The highest BCUT2D eigenvalue weighted by Gasteiger charge is 2.28. The summed E-state index contributed by atoms with van der Waals surface area (Å²) in [7, 11) is 6.29. The number of piperidine rings is 1. The Hall–Kier alpha value is -1.76. The topological polar surface area (TPSA) is 39.7 Å². The first-order valence-corrected chi connectivity index (χ1v) is 10.9. The average molecular weight is 401 g/mol. The van der Waals surface area contributed by atoms with E-state index in [4.69, 9.17) is 4.98 Å². The van der Waals surface area contributed by atoms with E-state index in [-0.39, 0.29) is 5.91 Å². The molecule has 0 spiro atoms. The molecule has 5 nitrogen and oxygen atoms in total. The molecule has 1 saturated heterocycles. The normalized spacial score (nSPS) is 15.9. The van der Waals surface area contributed by atoms with E-state index in [9.17, 15) is 4.79 Å². The van der Waals surface area contributed by atoms with Crippen LogP contribution in [0.3, 0.4) is 0 Å². The van der Waals surface area contributed by atoms with Crippen molar-refractivity contribution < 1.29 is 4.79 Å². The number of aryl methyl sites for hydroxylation is 1. The lowest BCUT2D eigenvalue weighted by Crippen LogP contribution is -2.49. The number of aromatic nitrogens is 1. The van der Waals surface area contributed by atoms with Gasteiger partial charge in [0.2, 0.25) is 5.91 Å². The number of likely N-dealkylation sites (N-methyl/N-ethyl adjacent to an activating group) is 1. The molecule has 0 aliphatic carbocycles. The molecule has 28 heavy (non-hydrogen) atoms. The van der Waals surface area contributed by atoms with Crippen molar-refractivity contribution in [2.45, 2.75) is 32.2 Å². The first-order chi connectivity index (χ1) is 13.4. The third-order valence-corrected chi connectivity index (χ3v) is 6.37. The number of rotatable bonds is 7. The van der Waals surface area contributed by atoms with Gasteiger partial charge >= 0.3 is 0 Å². The molecule has 1 fully saturated rings. The van der Waals surface area contributed by atoms with Gasteiger partial charge in [-0.2, -0.15) is 0 Å². The third-order valence-electron chi connectivity index (χ3n) is 5.40. The highest BCUT2D eigenvalue weighted by Crippen LogP contribution is 2.29. The van der Waals surface area contributed by atoms with Crippen LogP contribution in [-0.2, 0) is 11.2 Å². The molecule has 2 aromatic rings. The highest BCUT2D eigenvalue weighted by atomic mass is 32.1. The van der Waals surface area contributed by atoms with E-state index < -0.39 is 0 Å². The van der Waals surface area contributed by atoms with E-state index in [0.717, 1.165) is 60.2 Å². The lowest BCUT2D eigenvalue weighted by atomic mass is 10.0. The van der Waals surface area contributed by atoms with Gasteiger partial charge in [-0.15, -0.1) is 11.3 Å². The summed E-state index contributed by atoms with van der Waals surface area (Å²) in [5.41, 5.74) is 2.06. The van der Waals surface area contributed by atoms with Gasteiger partial charge in [-0.1, -0.05) is 30.3 Å². The fourth-order valence-electron chi connectivity index (χ4n) is 3.77. The zero-order valence-corrected chi connectivity index (χ0v) is 18.3. The standard InChI is InChI=1S/C22H32N4OS/c1-17-23-22(18-8-6-5-7-9-18)20(28-17)16-21(27)26(15-14-24(2)3)19-10-12-25(4)13-11-19/h5-9,19H,10-16H2,1-4H3. The molecule has 1 aromatic carbocycles. The summed E-state index contributed by atoms with van der Waals surface area (Å²) in [4.78, 5) is 25.8. The van der Waals surface area contributed by atoms with Crippen LogP contribution in [0.4, 0.5) is 0 Å². The molecular weight excluding hydrogens is 368 g/mol. The summed E-state index contributed by atoms with van der Waals surface area (Å²) in [5, 5.41) is 1.01. The molecular formula is C22H32N4OS. The van der Waals surface area contributed by atoms with E-state index >= 15 is 0 Å². The van der Waals surface area contributed by atoms with Crippen molar-refractivity contribution in [2.24, 2.45) is 0 Å². The lowest BCUT2D eigenvalue weighted by Gasteiger charge is -2.38. The smallest absolute Gasteiger partial charge is 0.228 e. The number of benzene rings is 1. The van der Waals surface area contributed by atoms with E-state index in [1.165, 1.54) is 0 Å². The summed E-state index contributed by atoms with van der Waals surface area (Å²) in [6.07, 6.45) is 2.56. The van der Waals surface area contributed by atoms with Gasteiger partial charge in [0, 0.05) is 29.6 Å². The fourth-order valence-corrected chi connectivity index (χ4v) is 4.72. The van der Waals surface area contributed by atoms with Crippen LogP contribution in [0.15, 0.2) is 30.3 Å². The van der Waals surface area contributed by atoms with Gasteiger partial charge < -0.3 is 14.7 Å². The molecule has 0 radical (unpaired) electrons. The van der Waals surface area contributed by atoms with Crippen molar-refractivity contribution in [3.05, 3.63) is 40.2 Å². The summed E-state index contributed by atoms with van der Waals surface area (Å²) in [6, 6.07) is 10.6. The van der Waals surface area contributed by atoms with E-state index in [0.29, 0.717) is 12.5 Å². The van der Waals surface area contributed by atoms with Crippen molar-refractivity contribution in [1.82, 2.24) is 19.7 Å². The maximum atomic E-state index is 13.4. The molecule has 0 N–H and O–H groups in total. The molecule has 0 unspecified atom stereocenters. The number of carbonyl (C=O) groups is 1. The minimum absolute atomic E-state index is 0.234. The number of likely N-dealkylation sites (tertiary alicyclic amines) is 1.